The smallest absolute Gasteiger partial charge is 0.347 e. The summed E-state index contributed by atoms with van der Waals surface area (Å²) in [6, 6.07) is 8.83. The fourth-order valence-electron chi connectivity index (χ4n) is 1.43. The average Bonchev–Trinajstić information content (AvgIpc) is 2.49. The van der Waals surface area contributed by atoms with Gasteiger partial charge in [-0.2, -0.15) is 0 Å². The third-order valence-corrected chi connectivity index (χ3v) is 2.46. The van der Waals surface area contributed by atoms with Gasteiger partial charge >= 0.3 is 5.97 Å². The molecule has 0 unspecified atom stereocenters. The first-order chi connectivity index (χ1) is 10.0. The molecule has 1 aromatic rings. The molecule has 0 saturated carbocycles. The summed E-state index contributed by atoms with van der Waals surface area (Å²) in [6.45, 7) is 0.983. The van der Waals surface area contributed by atoms with Crippen LogP contribution in [0.2, 0.25) is 0 Å². The minimum absolute atomic E-state index is 0.298. The van der Waals surface area contributed by atoms with Gasteiger partial charge in [-0.25, -0.2) is 4.79 Å². The topological polar surface area (TPSA) is 108 Å². The molecular weight excluding hydrogens is 276 g/mol. The molecule has 114 valence electrons. The maximum absolute atomic E-state index is 11.8. The zero-order valence-corrected chi connectivity index (χ0v) is 11.7. The van der Waals surface area contributed by atoms with E-state index in [1.54, 1.807) is 31.2 Å². The molecule has 0 heterocycles. The van der Waals surface area contributed by atoms with Crippen molar-refractivity contribution in [1.29, 1.82) is 0 Å². The van der Waals surface area contributed by atoms with Crippen LogP contribution in [-0.2, 0) is 19.1 Å². The molecule has 0 radical (unpaired) electrons. The quantitative estimate of drug-likeness (QED) is 0.656. The van der Waals surface area contributed by atoms with Gasteiger partial charge in [0.15, 0.2) is 12.7 Å². The van der Waals surface area contributed by atoms with Crippen molar-refractivity contribution in [1.82, 2.24) is 5.32 Å². The number of hydrogen-bond acceptors (Lipinski definition) is 5. The van der Waals surface area contributed by atoms with Crippen LogP contribution in [0, 0.1) is 0 Å². The van der Waals surface area contributed by atoms with Gasteiger partial charge in [-0.3, -0.25) is 9.59 Å². The van der Waals surface area contributed by atoms with Crippen LogP contribution in [-0.4, -0.2) is 37.0 Å². The fraction of sp³-hybridized carbons (Fsp3) is 0.357. The van der Waals surface area contributed by atoms with Crippen LogP contribution in [0.3, 0.4) is 0 Å². The van der Waals surface area contributed by atoms with E-state index < -0.39 is 30.5 Å². The van der Waals surface area contributed by atoms with Crippen LogP contribution in [0.5, 0.6) is 5.75 Å². The van der Waals surface area contributed by atoms with Gasteiger partial charge < -0.3 is 20.5 Å². The molecular formula is C14H18N2O5. The lowest BCUT2D eigenvalue weighted by Gasteiger charge is -2.16. The highest BCUT2D eigenvalue weighted by Gasteiger charge is 2.21. The highest BCUT2D eigenvalue weighted by molar-refractivity contribution is 5.86. The van der Waals surface area contributed by atoms with Crippen LogP contribution >= 0.6 is 0 Å². The lowest BCUT2D eigenvalue weighted by Crippen LogP contribution is -2.37. The summed E-state index contributed by atoms with van der Waals surface area (Å²) in [6.07, 6.45) is -0.396. The standard InChI is InChI=1S/C14H18N2O5/c1-2-11(21-10-6-4-3-5-7-10)14(19)20-9-13(18)16-8-12(15)17/h3-7,11H,2,8-9H2,1H3,(H2,15,17)(H,16,18)/t11-/m1/s1. The summed E-state index contributed by atoms with van der Waals surface area (Å²) in [7, 11) is 0. The second-order valence-electron chi connectivity index (χ2n) is 4.18. The Kier molecular flexibility index (Phi) is 6.73. The van der Waals surface area contributed by atoms with Crippen molar-refractivity contribution in [2.75, 3.05) is 13.2 Å². The van der Waals surface area contributed by atoms with Crippen molar-refractivity contribution in [2.45, 2.75) is 19.4 Å². The molecule has 3 N–H and O–H groups in total. The number of carbonyl (C=O) groups excluding carboxylic acids is 3. The van der Waals surface area contributed by atoms with E-state index >= 15 is 0 Å². The summed E-state index contributed by atoms with van der Waals surface area (Å²) in [5, 5.41) is 2.21. The Morgan fingerprint density at radius 1 is 1.24 bits per heavy atom. The van der Waals surface area contributed by atoms with Gasteiger partial charge in [0.2, 0.25) is 5.91 Å². The predicted octanol–water partition coefficient (Wildman–Crippen LogP) is -0.0113. The van der Waals surface area contributed by atoms with E-state index in [0.29, 0.717) is 12.2 Å². The zero-order chi connectivity index (χ0) is 15.7. The number of amides is 2. The first-order valence-corrected chi connectivity index (χ1v) is 6.46. The number of hydrogen-bond donors (Lipinski definition) is 2. The van der Waals surface area contributed by atoms with Crippen LogP contribution in [0.1, 0.15) is 13.3 Å². The Hall–Kier alpha value is -2.57. The van der Waals surface area contributed by atoms with Crippen molar-refractivity contribution in [3.63, 3.8) is 0 Å². The highest BCUT2D eigenvalue weighted by atomic mass is 16.6. The van der Waals surface area contributed by atoms with Gasteiger partial charge in [-0.05, 0) is 18.6 Å². The summed E-state index contributed by atoms with van der Waals surface area (Å²) >= 11 is 0. The predicted molar refractivity (Wildman–Crippen MR) is 74.3 cm³/mol. The first-order valence-electron chi connectivity index (χ1n) is 6.46. The van der Waals surface area contributed by atoms with Crippen molar-refractivity contribution in [3.8, 4) is 5.75 Å². The molecule has 1 aromatic carbocycles. The molecule has 0 fully saturated rings. The Labute approximate surface area is 122 Å². The van der Waals surface area contributed by atoms with E-state index in [-0.39, 0.29) is 6.54 Å². The molecule has 0 aromatic heterocycles. The van der Waals surface area contributed by atoms with Gasteiger partial charge in [-0.15, -0.1) is 0 Å². The Balaban J connectivity index is 2.41. The second kappa shape index (κ2) is 8.57. The van der Waals surface area contributed by atoms with Gasteiger partial charge in [0.25, 0.3) is 5.91 Å². The maximum Gasteiger partial charge on any atom is 0.347 e. The normalized spacial score (nSPS) is 11.3. The number of benzene rings is 1. The number of nitrogens with two attached hydrogens (primary N) is 1. The molecule has 7 heteroatoms. The van der Waals surface area contributed by atoms with E-state index in [1.807, 2.05) is 6.07 Å². The van der Waals surface area contributed by atoms with Crippen molar-refractivity contribution >= 4 is 17.8 Å². The SMILES string of the molecule is CC[C@@H](Oc1ccccc1)C(=O)OCC(=O)NCC(N)=O. The fourth-order valence-corrected chi connectivity index (χ4v) is 1.43. The molecule has 0 saturated heterocycles. The Bertz CT molecular complexity index is 489. The van der Waals surface area contributed by atoms with E-state index in [1.165, 1.54) is 0 Å². The molecule has 0 aliphatic heterocycles. The minimum Gasteiger partial charge on any atom is -0.479 e. The van der Waals surface area contributed by atoms with E-state index in [9.17, 15) is 14.4 Å². The number of primary amides is 1. The third-order valence-electron chi connectivity index (χ3n) is 2.46. The number of carbonyl (C=O) groups is 3. The van der Waals surface area contributed by atoms with Crippen LogP contribution in [0.25, 0.3) is 0 Å². The van der Waals surface area contributed by atoms with Crippen molar-refractivity contribution in [2.24, 2.45) is 5.73 Å². The molecule has 0 aliphatic rings. The van der Waals surface area contributed by atoms with E-state index in [0.717, 1.165) is 0 Å². The number of nitrogens with one attached hydrogen (secondary N) is 1. The first kappa shape index (κ1) is 16.5. The van der Waals surface area contributed by atoms with Gasteiger partial charge in [-0.1, -0.05) is 25.1 Å². The van der Waals surface area contributed by atoms with Crippen LogP contribution in [0.15, 0.2) is 30.3 Å². The largest absolute Gasteiger partial charge is 0.479 e. The third kappa shape index (κ3) is 6.42. The molecule has 0 aliphatic carbocycles. The monoisotopic (exact) mass is 294 g/mol. The molecule has 1 rings (SSSR count). The number of rotatable bonds is 8. The molecule has 21 heavy (non-hydrogen) atoms. The summed E-state index contributed by atoms with van der Waals surface area (Å²) < 4.78 is 10.3. The lowest BCUT2D eigenvalue weighted by molar-refractivity contribution is -0.155. The minimum atomic E-state index is -0.795. The van der Waals surface area contributed by atoms with Gasteiger partial charge in [0, 0.05) is 0 Å². The molecule has 7 nitrogen and oxygen atoms in total. The van der Waals surface area contributed by atoms with E-state index in [2.05, 4.69) is 5.32 Å². The molecule has 2 amide bonds. The number of esters is 1. The molecule has 0 spiro atoms. The van der Waals surface area contributed by atoms with Crippen molar-refractivity contribution < 1.29 is 23.9 Å². The van der Waals surface area contributed by atoms with Gasteiger partial charge in [0.1, 0.15) is 5.75 Å². The number of ether oxygens (including phenoxy) is 2. The molecule has 0 bridgehead atoms. The summed E-state index contributed by atoms with van der Waals surface area (Å²) in [5.41, 5.74) is 4.87. The average molecular weight is 294 g/mol. The molecule has 1 atom stereocenters. The van der Waals surface area contributed by atoms with Crippen LogP contribution < -0.4 is 15.8 Å². The zero-order valence-electron chi connectivity index (χ0n) is 11.7. The van der Waals surface area contributed by atoms with Gasteiger partial charge in [0.05, 0.1) is 6.54 Å². The summed E-state index contributed by atoms with van der Waals surface area (Å²) in [4.78, 5) is 33.6. The summed E-state index contributed by atoms with van der Waals surface area (Å²) in [5.74, 6) is -1.37. The lowest BCUT2D eigenvalue weighted by atomic mass is 10.2. The van der Waals surface area contributed by atoms with Crippen molar-refractivity contribution in [3.05, 3.63) is 30.3 Å². The number of para-hydroxylation sites is 1. The Morgan fingerprint density at radius 3 is 2.48 bits per heavy atom. The second-order valence-corrected chi connectivity index (χ2v) is 4.18. The highest BCUT2D eigenvalue weighted by Crippen LogP contribution is 2.13. The van der Waals surface area contributed by atoms with E-state index in [4.69, 9.17) is 15.2 Å². The Morgan fingerprint density at radius 2 is 1.90 bits per heavy atom. The maximum atomic E-state index is 11.8. The van der Waals surface area contributed by atoms with Crippen LogP contribution in [0.4, 0.5) is 0 Å².